The molecule has 3 aliphatic carbocycles. The lowest BCUT2D eigenvalue weighted by molar-refractivity contribution is -0.125. The van der Waals surface area contributed by atoms with E-state index in [9.17, 15) is 9.59 Å². The summed E-state index contributed by atoms with van der Waals surface area (Å²) in [5.41, 5.74) is 7.04. The molecule has 0 bridgehead atoms. The molecule has 1 saturated heterocycles. The molecule has 5 nitrogen and oxygen atoms in total. The zero-order valence-corrected chi connectivity index (χ0v) is 19.7. The number of hydrogen-bond acceptors (Lipinski definition) is 3. The van der Waals surface area contributed by atoms with E-state index in [4.69, 9.17) is 0 Å². The molecule has 2 N–H and O–H groups in total. The maximum absolute atomic E-state index is 13.1. The van der Waals surface area contributed by atoms with Gasteiger partial charge in [-0.1, -0.05) is 38.1 Å². The van der Waals surface area contributed by atoms with Crippen molar-refractivity contribution in [2.24, 2.45) is 28.6 Å². The highest BCUT2D eigenvalue weighted by Crippen LogP contribution is 2.64. The standard InChI is InChI=1S/C27H37N3O2/c1-26-16-14-21-19(10-13-23-27(21,2)15-7-17-30(23)3)20(26)11-12-22(26)25(32)29-28-24(31)18-8-5-4-6-9-18/h4-6,8-9,12,19-21,23H,7,10-11,13-17H2,1-3H3,(H,28,31)(H,29,32)/t19-,20-,21-,23?,26-,27+/m0/s1. The monoisotopic (exact) mass is 435 g/mol. The minimum absolute atomic E-state index is 0.0908. The van der Waals surface area contributed by atoms with E-state index in [0.29, 0.717) is 28.9 Å². The summed E-state index contributed by atoms with van der Waals surface area (Å²) in [6.07, 6.45) is 10.7. The van der Waals surface area contributed by atoms with Crippen LogP contribution in [0.2, 0.25) is 0 Å². The summed E-state index contributed by atoms with van der Waals surface area (Å²) >= 11 is 0. The lowest BCUT2D eigenvalue weighted by atomic mass is 9.47. The number of likely N-dealkylation sites (tertiary alicyclic amines) is 1. The number of piperidine rings is 1. The Bertz CT molecular complexity index is 928. The summed E-state index contributed by atoms with van der Waals surface area (Å²) < 4.78 is 0. The summed E-state index contributed by atoms with van der Waals surface area (Å²) in [5.74, 6) is 1.57. The highest BCUT2D eigenvalue weighted by molar-refractivity contribution is 5.99. The van der Waals surface area contributed by atoms with Crippen molar-refractivity contribution in [1.29, 1.82) is 0 Å². The van der Waals surface area contributed by atoms with Crippen LogP contribution in [0.4, 0.5) is 0 Å². The first kappa shape index (κ1) is 21.7. The summed E-state index contributed by atoms with van der Waals surface area (Å²) in [6.45, 7) is 6.09. The third kappa shape index (κ3) is 3.32. The Labute approximate surface area is 192 Å². The van der Waals surface area contributed by atoms with Crippen LogP contribution in [0.15, 0.2) is 42.0 Å². The van der Waals surface area contributed by atoms with E-state index in [-0.39, 0.29) is 17.2 Å². The number of carbonyl (C=O) groups is 2. The fraction of sp³-hybridized carbons (Fsp3) is 0.630. The second kappa shape index (κ2) is 8.02. The predicted molar refractivity (Wildman–Crippen MR) is 126 cm³/mol. The van der Waals surface area contributed by atoms with Crippen LogP contribution in [-0.4, -0.2) is 36.3 Å². The Hall–Kier alpha value is -2.14. The van der Waals surface area contributed by atoms with Gasteiger partial charge in [-0.15, -0.1) is 0 Å². The number of fused-ring (bicyclic) bond motifs is 5. The van der Waals surface area contributed by atoms with Crippen molar-refractivity contribution >= 4 is 11.8 Å². The molecular formula is C27H37N3O2. The molecule has 1 unspecified atom stereocenters. The molecule has 0 aromatic heterocycles. The molecule has 1 aliphatic heterocycles. The van der Waals surface area contributed by atoms with Crippen LogP contribution in [-0.2, 0) is 4.79 Å². The van der Waals surface area contributed by atoms with Gasteiger partial charge in [0.25, 0.3) is 11.8 Å². The Morgan fingerprint density at radius 2 is 1.72 bits per heavy atom. The van der Waals surface area contributed by atoms with Gasteiger partial charge in [0.05, 0.1) is 0 Å². The Morgan fingerprint density at radius 3 is 2.50 bits per heavy atom. The highest BCUT2D eigenvalue weighted by atomic mass is 16.2. The average Bonchev–Trinajstić information content (AvgIpc) is 3.15. The Morgan fingerprint density at radius 1 is 0.969 bits per heavy atom. The molecule has 1 aromatic rings. The first-order valence-corrected chi connectivity index (χ1v) is 12.4. The number of allylic oxidation sites excluding steroid dienone is 1. The minimum atomic E-state index is -0.282. The van der Waals surface area contributed by atoms with Crippen LogP contribution in [0.5, 0.6) is 0 Å². The molecular weight excluding hydrogens is 398 g/mol. The maximum Gasteiger partial charge on any atom is 0.269 e. The van der Waals surface area contributed by atoms with Gasteiger partial charge in [-0.05, 0) is 93.8 Å². The van der Waals surface area contributed by atoms with E-state index in [2.05, 4.69) is 42.7 Å². The van der Waals surface area contributed by atoms with Crippen LogP contribution in [0, 0.1) is 28.6 Å². The first-order chi connectivity index (χ1) is 15.3. The lowest BCUT2D eigenvalue weighted by Crippen LogP contribution is -2.60. The summed E-state index contributed by atoms with van der Waals surface area (Å²) in [5, 5.41) is 0. The molecule has 5 heteroatoms. The largest absolute Gasteiger partial charge is 0.303 e. The normalized spacial score (nSPS) is 38.7. The SMILES string of the molecule is CN1CCC[C@@]2(C)C1CC[C@@H]1[C@@H]2CC[C@]2(C)C(C(=O)NNC(=O)c3ccccc3)=CC[C@@H]12. The summed E-state index contributed by atoms with van der Waals surface area (Å²) in [6, 6.07) is 9.71. The molecule has 1 heterocycles. The number of carbonyl (C=O) groups excluding carboxylic acids is 2. The van der Waals surface area contributed by atoms with Crippen molar-refractivity contribution in [2.45, 2.75) is 64.8 Å². The van der Waals surface area contributed by atoms with Crippen molar-refractivity contribution < 1.29 is 9.59 Å². The van der Waals surface area contributed by atoms with E-state index < -0.39 is 0 Å². The van der Waals surface area contributed by atoms with Crippen LogP contribution in [0.25, 0.3) is 0 Å². The quantitative estimate of drug-likeness (QED) is 0.680. The van der Waals surface area contributed by atoms with E-state index in [1.54, 1.807) is 12.1 Å². The second-order valence-electron chi connectivity index (χ2n) is 11.1. The zero-order chi connectivity index (χ0) is 22.5. The Balaban J connectivity index is 1.28. The zero-order valence-electron chi connectivity index (χ0n) is 19.7. The first-order valence-electron chi connectivity index (χ1n) is 12.4. The van der Waals surface area contributed by atoms with E-state index >= 15 is 0 Å². The van der Waals surface area contributed by atoms with Crippen LogP contribution in [0.1, 0.15) is 69.2 Å². The third-order valence-corrected chi connectivity index (χ3v) is 9.73. The average molecular weight is 436 g/mol. The molecule has 1 aromatic carbocycles. The van der Waals surface area contributed by atoms with Gasteiger partial charge in [-0.25, -0.2) is 0 Å². The van der Waals surface area contributed by atoms with E-state index in [1.165, 1.54) is 38.6 Å². The molecule has 3 fully saturated rings. The Kier molecular flexibility index (Phi) is 5.43. The van der Waals surface area contributed by atoms with Crippen LogP contribution < -0.4 is 10.9 Å². The molecule has 4 aliphatic rings. The number of hydrogen-bond donors (Lipinski definition) is 2. The van der Waals surface area contributed by atoms with Crippen molar-refractivity contribution in [3.63, 3.8) is 0 Å². The molecule has 6 atom stereocenters. The number of nitrogens with zero attached hydrogens (tertiary/aromatic N) is 1. The maximum atomic E-state index is 13.1. The van der Waals surface area contributed by atoms with Crippen molar-refractivity contribution in [1.82, 2.24) is 15.8 Å². The van der Waals surface area contributed by atoms with Crippen LogP contribution >= 0.6 is 0 Å². The molecule has 172 valence electrons. The van der Waals surface area contributed by atoms with E-state index in [0.717, 1.165) is 24.3 Å². The summed E-state index contributed by atoms with van der Waals surface area (Å²) in [4.78, 5) is 28.1. The fourth-order valence-electron chi connectivity index (χ4n) is 8.14. The smallest absolute Gasteiger partial charge is 0.269 e. The number of rotatable bonds is 2. The van der Waals surface area contributed by atoms with Crippen LogP contribution in [0.3, 0.4) is 0 Å². The number of nitrogens with one attached hydrogen (secondary N) is 2. The fourth-order valence-corrected chi connectivity index (χ4v) is 8.14. The van der Waals surface area contributed by atoms with Gasteiger partial charge in [0, 0.05) is 22.6 Å². The number of amides is 2. The van der Waals surface area contributed by atoms with E-state index in [1.807, 2.05) is 18.2 Å². The number of benzene rings is 1. The predicted octanol–water partition coefficient (Wildman–Crippen LogP) is 4.32. The molecule has 2 saturated carbocycles. The van der Waals surface area contributed by atoms with Gasteiger partial charge in [0.1, 0.15) is 0 Å². The van der Waals surface area contributed by atoms with Gasteiger partial charge in [0.2, 0.25) is 0 Å². The number of hydrazine groups is 1. The van der Waals surface area contributed by atoms with Crippen molar-refractivity contribution in [3.8, 4) is 0 Å². The molecule has 5 rings (SSSR count). The second-order valence-corrected chi connectivity index (χ2v) is 11.1. The van der Waals surface area contributed by atoms with Gasteiger partial charge < -0.3 is 4.90 Å². The molecule has 2 amide bonds. The third-order valence-electron chi connectivity index (χ3n) is 9.73. The molecule has 0 radical (unpaired) electrons. The minimum Gasteiger partial charge on any atom is -0.303 e. The molecule has 32 heavy (non-hydrogen) atoms. The topological polar surface area (TPSA) is 61.4 Å². The lowest BCUT2D eigenvalue weighted by Gasteiger charge is -2.61. The van der Waals surface area contributed by atoms with Gasteiger partial charge in [0.15, 0.2) is 0 Å². The highest BCUT2D eigenvalue weighted by Gasteiger charge is 2.59. The van der Waals surface area contributed by atoms with Gasteiger partial charge >= 0.3 is 0 Å². The summed E-state index contributed by atoms with van der Waals surface area (Å²) in [7, 11) is 2.32. The van der Waals surface area contributed by atoms with Gasteiger partial charge in [-0.3, -0.25) is 20.4 Å². The van der Waals surface area contributed by atoms with Gasteiger partial charge in [-0.2, -0.15) is 0 Å². The molecule has 0 spiro atoms. The van der Waals surface area contributed by atoms with Crippen molar-refractivity contribution in [3.05, 3.63) is 47.5 Å². The van der Waals surface area contributed by atoms with Crippen molar-refractivity contribution in [2.75, 3.05) is 13.6 Å².